The van der Waals surface area contributed by atoms with Crippen molar-refractivity contribution in [2.24, 2.45) is 5.92 Å². The summed E-state index contributed by atoms with van der Waals surface area (Å²) in [5.74, 6) is -0.348. The number of carboxylic acids is 1. The molecule has 1 aliphatic carbocycles. The van der Waals surface area contributed by atoms with Gasteiger partial charge in [0.25, 0.3) is 0 Å². The van der Waals surface area contributed by atoms with E-state index in [1.165, 1.54) is 0 Å². The fourth-order valence-corrected chi connectivity index (χ4v) is 2.66. The summed E-state index contributed by atoms with van der Waals surface area (Å²) in [7, 11) is 0. The largest absolute Gasteiger partial charge is 0.481 e. The Bertz CT molecular complexity index is 600. The number of aliphatic carboxylic acids is 1. The lowest BCUT2D eigenvalue weighted by Crippen LogP contribution is -2.27. The summed E-state index contributed by atoms with van der Waals surface area (Å²) in [6.07, 6.45) is 1.76. The van der Waals surface area contributed by atoms with E-state index in [1.807, 2.05) is 45.9 Å². The molecule has 0 aliphatic heterocycles. The fourth-order valence-electron chi connectivity index (χ4n) is 2.66. The molecule has 1 fully saturated rings. The molecule has 2 rings (SSSR count). The predicted octanol–water partition coefficient (Wildman–Crippen LogP) is 4.31. The number of hydrogen-bond donors (Lipinski definition) is 2. The number of benzene rings is 1. The van der Waals surface area contributed by atoms with E-state index >= 15 is 0 Å². The maximum absolute atomic E-state index is 12.0. The summed E-state index contributed by atoms with van der Waals surface area (Å²) >= 11 is 0. The van der Waals surface area contributed by atoms with Gasteiger partial charge in [-0.3, -0.25) is 10.1 Å². The number of aryl methyl sites for hydroxylation is 1. The Balaban J connectivity index is 2.17. The molecule has 23 heavy (non-hydrogen) atoms. The second-order valence-electron chi connectivity index (χ2n) is 7.24. The molecule has 0 bridgehead atoms. The van der Waals surface area contributed by atoms with Gasteiger partial charge in [0.05, 0.1) is 6.42 Å². The quantitative estimate of drug-likeness (QED) is 0.848. The number of carboxylic acid groups (broad SMARTS) is 1. The molecule has 1 atom stereocenters. The lowest BCUT2D eigenvalue weighted by atomic mass is 9.90. The molecule has 1 aliphatic rings. The molecule has 0 saturated heterocycles. The van der Waals surface area contributed by atoms with Gasteiger partial charge in [0.15, 0.2) is 0 Å². The van der Waals surface area contributed by atoms with Gasteiger partial charge < -0.3 is 9.84 Å². The summed E-state index contributed by atoms with van der Waals surface area (Å²) in [5.41, 5.74) is 2.00. The third kappa shape index (κ3) is 5.27. The van der Waals surface area contributed by atoms with E-state index in [-0.39, 0.29) is 12.3 Å². The minimum Gasteiger partial charge on any atom is -0.481 e. The van der Waals surface area contributed by atoms with Crippen molar-refractivity contribution < 1.29 is 19.4 Å². The number of amides is 1. The second kappa shape index (κ2) is 6.60. The minimum absolute atomic E-state index is 0.00675. The zero-order chi connectivity index (χ0) is 17.2. The summed E-state index contributed by atoms with van der Waals surface area (Å²) in [4.78, 5) is 23.1. The van der Waals surface area contributed by atoms with Crippen LogP contribution < -0.4 is 5.32 Å². The highest BCUT2D eigenvalue weighted by molar-refractivity contribution is 5.86. The lowest BCUT2D eigenvalue weighted by molar-refractivity contribution is -0.137. The van der Waals surface area contributed by atoms with Crippen molar-refractivity contribution >= 4 is 17.7 Å². The average Bonchev–Trinajstić information content (AvgIpc) is 3.20. The van der Waals surface area contributed by atoms with Crippen LogP contribution in [0.1, 0.15) is 57.1 Å². The Hall–Kier alpha value is -2.04. The van der Waals surface area contributed by atoms with Crippen molar-refractivity contribution in [1.29, 1.82) is 0 Å². The maximum Gasteiger partial charge on any atom is 0.412 e. The van der Waals surface area contributed by atoms with Gasteiger partial charge in [-0.1, -0.05) is 12.1 Å². The maximum atomic E-state index is 12.0. The average molecular weight is 319 g/mol. The molecular formula is C18H25NO4. The highest BCUT2D eigenvalue weighted by atomic mass is 16.6. The van der Waals surface area contributed by atoms with Crippen LogP contribution in [0.3, 0.4) is 0 Å². The molecular weight excluding hydrogens is 294 g/mol. The highest BCUT2D eigenvalue weighted by Crippen LogP contribution is 2.45. The molecule has 5 nitrogen and oxygen atoms in total. The van der Waals surface area contributed by atoms with Gasteiger partial charge in [-0.15, -0.1) is 0 Å². The van der Waals surface area contributed by atoms with Crippen molar-refractivity contribution in [3.8, 4) is 0 Å². The summed E-state index contributed by atoms with van der Waals surface area (Å²) in [6, 6.07) is 5.76. The minimum atomic E-state index is -0.788. The van der Waals surface area contributed by atoms with Crippen LogP contribution in [0.4, 0.5) is 10.5 Å². The second-order valence-corrected chi connectivity index (χ2v) is 7.24. The number of hydrogen-bond acceptors (Lipinski definition) is 3. The molecule has 1 saturated carbocycles. The summed E-state index contributed by atoms with van der Waals surface area (Å²) in [5, 5.41) is 11.9. The first-order chi connectivity index (χ1) is 10.7. The van der Waals surface area contributed by atoms with Crippen LogP contribution in [-0.2, 0) is 9.53 Å². The van der Waals surface area contributed by atoms with Crippen molar-refractivity contribution in [2.75, 3.05) is 5.32 Å². The van der Waals surface area contributed by atoms with Gasteiger partial charge in [-0.2, -0.15) is 0 Å². The van der Waals surface area contributed by atoms with Crippen LogP contribution in [0.25, 0.3) is 0 Å². The van der Waals surface area contributed by atoms with Crippen LogP contribution in [-0.4, -0.2) is 22.8 Å². The van der Waals surface area contributed by atoms with E-state index in [9.17, 15) is 9.59 Å². The highest BCUT2D eigenvalue weighted by Gasteiger charge is 2.34. The Kier molecular flexibility index (Phi) is 4.97. The SMILES string of the molecule is Cc1ccc(C(CC(=O)O)C2CC2)cc1NC(=O)OC(C)(C)C. The first kappa shape index (κ1) is 17.3. The van der Waals surface area contributed by atoms with Crippen molar-refractivity contribution in [3.63, 3.8) is 0 Å². The molecule has 0 aromatic heterocycles. The lowest BCUT2D eigenvalue weighted by Gasteiger charge is -2.21. The number of rotatable bonds is 5. The standard InChI is InChI=1S/C18H25NO4/c1-11-5-6-13(14(10-16(20)21)12-7-8-12)9-15(11)19-17(22)23-18(2,3)4/h5-6,9,12,14H,7-8,10H2,1-4H3,(H,19,22)(H,20,21). The third-order valence-electron chi connectivity index (χ3n) is 3.91. The molecule has 2 N–H and O–H groups in total. The van der Waals surface area contributed by atoms with E-state index in [1.54, 1.807) is 0 Å². The molecule has 126 valence electrons. The molecule has 0 spiro atoms. The van der Waals surface area contributed by atoms with E-state index in [0.717, 1.165) is 24.0 Å². The molecule has 1 amide bonds. The first-order valence-electron chi connectivity index (χ1n) is 7.98. The topological polar surface area (TPSA) is 75.6 Å². The van der Waals surface area contributed by atoms with Crippen LogP contribution in [0.5, 0.6) is 0 Å². The first-order valence-corrected chi connectivity index (χ1v) is 7.98. The number of carbonyl (C=O) groups is 2. The number of anilines is 1. The van der Waals surface area contributed by atoms with Gasteiger partial charge in [0.1, 0.15) is 5.60 Å². The molecule has 0 radical (unpaired) electrons. The number of nitrogens with one attached hydrogen (secondary N) is 1. The Labute approximate surface area is 137 Å². The smallest absolute Gasteiger partial charge is 0.412 e. The Morgan fingerprint density at radius 1 is 1.35 bits per heavy atom. The van der Waals surface area contributed by atoms with Crippen LogP contribution in [0.2, 0.25) is 0 Å². The molecule has 0 heterocycles. The third-order valence-corrected chi connectivity index (χ3v) is 3.91. The zero-order valence-electron chi connectivity index (χ0n) is 14.2. The van der Waals surface area contributed by atoms with E-state index < -0.39 is 17.7 Å². The summed E-state index contributed by atoms with van der Waals surface area (Å²) < 4.78 is 5.28. The van der Waals surface area contributed by atoms with E-state index in [2.05, 4.69) is 5.32 Å². The normalized spacial score (nSPS) is 15.8. The predicted molar refractivity (Wildman–Crippen MR) is 88.8 cm³/mol. The van der Waals surface area contributed by atoms with Gasteiger partial charge >= 0.3 is 12.1 Å². The Morgan fingerprint density at radius 3 is 2.52 bits per heavy atom. The molecule has 5 heteroatoms. The fraction of sp³-hybridized carbons (Fsp3) is 0.556. The van der Waals surface area contributed by atoms with Crippen LogP contribution >= 0.6 is 0 Å². The van der Waals surface area contributed by atoms with Gasteiger partial charge in [-0.05, 0) is 69.6 Å². The molecule has 1 aromatic carbocycles. The van der Waals surface area contributed by atoms with Crippen LogP contribution in [0, 0.1) is 12.8 Å². The van der Waals surface area contributed by atoms with Gasteiger partial charge in [0.2, 0.25) is 0 Å². The number of ether oxygens (including phenoxy) is 1. The summed E-state index contributed by atoms with van der Waals surface area (Å²) in [6.45, 7) is 7.34. The van der Waals surface area contributed by atoms with Crippen molar-refractivity contribution in [2.45, 2.75) is 58.5 Å². The van der Waals surface area contributed by atoms with E-state index in [4.69, 9.17) is 9.84 Å². The van der Waals surface area contributed by atoms with E-state index in [0.29, 0.717) is 11.6 Å². The van der Waals surface area contributed by atoms with Crippen molar-refractivity contribution in [1.82, 2.24) is 0 Å². The van der Waals surface area contributed by atoms with Gasteiger partial charge in [-0.25, -0.2) is 4.79 Å². The molecule has 1 aromatic rings. The monoisotopic (exact) mass is 319 g/mol. The van der Waals surface area contributed by atoms with Crippen LogP contribution in [0.15, 0.2) is 18.2 Å². The van der Waals surface area contributed by atoms with Crippen molar-refractivity contribution in [3.05, 3.63) is 29.3 Å². The zero-order valence-corrected chi connectivity index (χ0v) is 14.2. The number of carbonyl (C=O) groups excluding carboxylic acids is 1. The van der Waals surface area contributed by atoms with Gasteiger partial charge in [0, 0.05) is 5.69 Å². The Morgan fingerprint density at radius 2 is 2.00 bits per heavy atom. The molecule has 1 unspecified atom stereocenters.